The fourth-order valence-corrected chi connectivity index (χ4v) is 2.50. The third kappa shape index (κ3) is 4.97. The van der Waals surface area contributed by atoms with E-state index < -0.39 is 12.1 Å². The number of thioether (sulfide) groups is 1. The van der Waals surface area contributed by atoms with Gasteiger partial charge in [-0.15, -0.1) is 10.2 Å². The van der Waals surface area contributed by atoms with Crippen LogP contribution in [-0.4, -0.2) is 40.5 Å². The lowest BCUT2D eigenvalue weighted by molar-refractivity contribution is -0.152. The van der Waals surface area contributed by atoms with Crippen LogP contribution in [0.5, 0.6) is 0 Å². The highest BCUT2D eigenvalue weighted by Crippen LogP contribution is 2.28. The summed E-state index contributed by atoms with van der Waals surface area (Å²) in [6.07, 6.45) is -0.848. The molecule has 0 aliphatic heterocycles. The molecule has 0 saturated heterocycles. The number of nitrogens with zero attached hydrogens (tertiary/aromatic N) is 2. The predicted molar refractivity (Wildman–Crippen MR) is 89.7 cm³/mol. The highest BCUT2D eigenvalue weighted by atomic mass is 35.5. The van der Waals surface area contributed by atoms with Crippen LogP contribution in [0.4, 0.5) is 0 Å². The number of halogens is 1. The number of amides is 1. The van der Waals surface area contributed by atoms with Crippen LogP contribution in [0, 0.1) is 0 Å². The van der Waals surface area contributed by atoms with E-state index in [4.69, 9.17) is 20.8 Å². The number of rotatable bonds is 7. The van der Waals surface area contributed by atoms with E-state index in [2.05, 4.69) is 15.5 Å². The minimum absolute atomic E-state index is 0.0477. The monoisotopic (exact) mass is 369 g/mol. The van der Waals surface area contributed by atoms with Gasteiger partial charge in [0.25, 0.3) is 11.1 Å². The van der Waals surface area contributed by atoms with Crippen molar-refractivity contribution in [1.29, 1.82) is 0 Å². The van der Waals surface area contributed by atoms with Crippen molar-refractivity contribution in [1.82, 2.24) is 15.5 Å². The van der Waals surface area contributed by atoms with Gasteiger partial charge in [-0.05, 0) is 26.0 Å². The van der Waals surface area contributed by atoms with Gasteiger partial charge in [0.1, 0.15) is 5.75 Å². The van der Waals surface area contributed by atoms with Crippen molar-refractivity contribution in [2.45, 2.75) is 25.2 Å². The summed E-state index contributed by atoms with van der Waals surface area (Å²) in [6, 6.07) is 7.07. The Labute approximate surface area is 148 Å². The van der Waals surface area contributed by atoms with Gasteiger partial charge >= 0.3 is 5.97 Å². The second kappa shape index (κ2) is 8.70. The van der Waals surface area contributed by atoms with Crippen LogP contribution in [-0.2, 0) is 14.3 Å². The Kier molecular flexibility index (Phi) is 6.62. The molecular formula is C15H16ClN3O4S. The molecule has 2 aromatic rings. The fraction of sp³-hybridized carbons (Fsp3) is 0.333. The van der Waals surface area contributed by atoms with Crippen LogP contribution in [0.25, 0.3) is 11.5 Å². The van der Waals surface area contributed by atoms with Crippen LogP contribution in [0.1, 0.15) is 13.8 Å². The molecular weight excluding hydrogens is 354 g/mol. The lowest BCUT2D eigenvalue weighted by atomic mass is 10.2. The van der Waals surface area contributed by atoms with E-state index in [1.54, 1.807) is 31.2 Å². The van der Waals surface area contributed by atoms with Gasteiger partial charge < -0.3 is 14.5 Å². The van der Waals surface area contributed by atoms with Crippen molar-refractivity contribution >= 4 is 35.2 Å². The van der Waals surface area contributed by atoms with E-state index in [1.807, 2.05) is 0 Å². The van der Waals surface area contributed by atoms with E-state index >= 15 is 0 Å². The molecule has 0 radical (unpaired) electrons. The van der Waals surface area contributed by atoms with Gasteiger partial charge in [-0.3, -0.25) is 9.59 Å². The Balaban J connectivity index is 1.88. The molecule has 128 valence electrons. The van der Waals surface area contributed by atoms with E-state index in [0.29, 0.717) is 17.1 Å². The maximum absolute atomic E-state index is 11.7. The summed E-state index contributed by atoms with van der Waals surface area (Å²) in [5, 5.41) is 11.0. The number of benzene rings is 1. The average molecular weight is 370 g/mol. The first kappa shape index (κ1) is 18.3. The standard InChI is InChI=1S/C15H16ClN3O4S/c1-3-17-13(21)9(2)22-12(20)8-24-15-19-18-14(23-15)10-6-4-5-7-11(10)16/h4-7,9H,3,8H2,1-2H3,(H,17,21)/t9-/m1/s1. The first-order valence-electron chi connectivity index (χ1n) is 7.19. The molecule has 0 saturated carbocycles. The third-order valence-corrected chi connectivity index (χ3v) is 3.97. The molecule has 1 amide bonds. The number of aromatic nitrogens is 2. The Morgan fingerprint density at radius 3 is 2.83 bits per heavy atom. The minimum atomic E-state index is -0.848. The molecule has 0 bridgehead atoms. The smallest absolute Gasteiger partial charge is 0.317 e. The molecule has 1 aromatic carbocycles. The molecule has 2 rings (SSSR count). The number of carbonyl (C=O) groups is 2. The first-order chi connectivity index (χ1) is 11.5. The van der Waals surface area contributed by atoms with E-state index in [9.17, 15) is 9.59 Å². The zero-order chi connectivity index (χ0) is 17.5. The molecule has 0 aliphatic rings. The minimum Gasteiger partial charge on any atom is -0.452 e. The van der Waals surface area contributed by atoms with Crippen LogP contribution < -0.4 is 5.32 Å². The zero-order valence-electron chi connectivity index (χ0n) is 13.1. The number of hydrogen-bond acceptors (Lipinski definition) is 7. The number of nitrogens with one attached hydrogen (secondary N) is 1. The van der Waals surface area contributed by atoms with Crippen LogP contribution in [0.3, 0.4) is 0 Å². The van der Waals surface area contributed by atoms with E-state index in [0.717, 1.165) is 11.8 Å². The summed E-state index contributed by atoms with van der Waals surface area (Å²) in [7, 11) is 0. The molecule has 0 aliphatic carbocycles. The number of hydrogen-bond donors (Lipinski definition) is 1. The number of likely N-dealkylation sites (N-methyl/N-ethyl adjacent to an activating group) is 1. The summed E-state index contributed by atoms with van der Waals surface area (Å²) in [5.41, 5.74) is 0.617. The van der Waals surface area contributed by atoms with Crippen molar-refractivity contribution in [3.05, 3.63) is 29.3 Å². The maximum atomic E-state index is 11.7. The molecule has 1 N–H and O–H groups in total. The van der Waals surface area contributed by atoms with E-state index in [-0.39, 0.29) is 22.8 Å². The fourth-order valence-electron chi connectivity index (χ4n) is 1.73. The molecule has 1 heterocycles. The lowest BCUT2D eigenvalue weighted by Crippen LogP contribution is -2.35. The predicted octanol–water partition coefficient (Wildman–Crippen LogP) is 2.55. The number of esters is 1. The Hall–Kier alpha value is -2.06. The van der Waals surface area contributed by atoms with Gasteiger partial charge in [-0.1, -0.05) is 35.5 Å². The normalized spacial score (nSPS) is 11.8. The molecule has 1 atom stereocenters. The summed E-state index contributed by atoms with van der Waals surface area (Å²) < 4.78 is 10.5. The van der Waals surface area contributed by atoms with Gasteiger partial charge in [0.05, 0.1) is 10.6 Å². The largest absolute Gasteiger partial charge is 0.452 e. The second-order valence-electron chi connectivity index (χ2n) is 4.67. The van der Waals surface area contributed by atoms with Crippen molar-refractivity contribution in [3.8, 4) is 11.5 Å². The summed E-state index contributed by atoms with van der Waals surface area (Å²) in [4.78, 5) is 23.2. The highest BCUT2D eigenvalue weighted by molar-refractivity contribution is 7.99. The quantitative estimate of drug-likeness (QED) is 0.592. The highest BCUT2D eigenvalue weighted by Gasteiger charge is 2.18. The molecule has 7 nitrogen and oxygen atoms in total. The van der Waals surface area contributed by atoms with Crippen molar-refractivity contribution in [2.24, 2.45) is 0 Å². The van der Waals surface area contributed by atoms with Gasteiger partial charge in [-0.25, -0.2) is 0 Å². The Bertz CT molecular complexity index is 722. The zero-order valence-corrected chi connectivity index (χ0v) is 14.7. The first-order valence-corrected chi connectivity index (χ1v) is 8.56. The van der Waals surface area contributed by atoms with Crippen LogP contribution in [0.15, 0.2) is 33.9 Å². The van der Waals surface area contributed by atoms with Gasteiger partial charge in [0, 0.05) is 6.54 Å². The molecule has 1 aromatic heterocycles. The maximum Gasteiger partial charge on any atom is 0.317 e. The summed E-state index contributed by atoms with van der Waals surface area (Å²) >= 11 is 7.09. The second-order valence-corrected chi connectivity index (χ2v) is 6.00. The SMILES string of the molecule is CCNC(=O)[C@@H](C)OC(=O)CSc1nnc(-c2ccccc2Cl)o1. The van der Waals surface area contributed by atoms with Gasteiger partial charge in [0.2, 0.25) is 5.89 Å². The molecule has 0 spiro atoms. The molecule has 9 heteroatoms. The number of ether oxygens (including phenoxy) is 1. The molecule has 24 heavy (non-hydrogen) atoms. The molecule has 0 fully saturated rings. The Morgan fingerprint density at radius 1 is 1.38 bits per heavy atom. The van der Waals surface area contributed by atoms with E-state index in [1.165, 1.54) is 6.92 Å². The molecule has 0 unspecified atom stereocenters. The number of carbonyl (C=O) groups excluding carboxylic acids is 2. The lowest BCUT2D eigenvalue weighted by Gasteiger charge is -2.11. The summed E-state index contributed by atoms with van der Waals surface area (Å²) in [6.45, 7) is 3.77. The van der Waals surface area contributed by atoms with Crippen LogP contribution in [0.2, 0.25) is 5.02 Å². The third-order valence-electron chi connectivity index (χ3n) is 2.85. The van der Waals surface area contributed by atoms with Crippen LogP contribution >= 0.6 is 23.4 Å². The van der Waals surface area contributed by atoms with Gasteiger partial charge in [0.15, 0.2) is 6.10 Å². The summed E-state index contributed by atoms with van der Waals surface area (Å²) in [5.74, 6) is -0.661. The Morgan fingerprint density at radius 2 is 2.12 bits per heavy atom. The van der Waals surface area contributed by atoms with Crippen molar-refractivity contribution < 1.29 is 18.7 Å². The van der Waals surface area contributed by atoms with Crippen molar-refractivity contribution in [2.75, 3.05) is 12.3 Å². The average Bonchev–Trinajstić information content (AvgIpc) is 3.02. The van der Waals surface area contributed by atoms with Crippen molar-refractivity contribution in [3.63, 3.8) is 0 Å². The topological polar surface area (TPSA) is 94.3 Å². The van der Waals surface area contributed by atoms with Gasteiger partial charge in [-0.2, -0.15) is 0 Å².